The Balaban J connectivity index is 2.04. The zero-order chi connectivity index (χ0) is 19.3. The molecular formula is C17H17F4N3O2. The van der Waals surface area contributed by atoms with Gasteiger partial charge in [0.1, 0.15) is 17.4 Å². The maximum absolute atomic E-state index is 12.9. The van der Waals surface area contributed by atoms with Crippen molar-refractivity contribution in [3.05, 3.63) is 47.9 Å². The third kappa shape index (κ3) is 4.90. The lowest BCUT2D eigenvalue weighted by Gasteiger charge is -2.17. The molecular weight excluding hydrogens is 354 g/mol. The molecule has 1 heterocycles. The van der Waals surface area contributed by atoms with Crippen LogP contribution >= 0.6 is 0 Å². The molecule has 140 valence electrons. The molecule has 0 spiro atoms. The van der Waals surface area contributed by atoms with E-state index in [1.807, 2.05) is 6.92 Å². The Hall–Kier alpha value is -2.71. The van der Waals surface area contributed by atoms with Crippen LogP contribution in [-0.2, 0) is 11.2 Å². The summed E-state index contributed by atoms with van der Waals surface area (Å²) in [6.45, 7) is 3.49. The van der Waals surface area contributed by atoms with E-state index in [9.17, 15) is 22.4 Å². The van der Waals surface area contributed by atoms with Crippen molar-refractivity contribution in [1.82, 2.24) is 9.97 Å². The fraction of sp³-hybridized carbons (Fsp3) is 0.353. The van der Waals surface area contributed by atoms with Crippen molar-refractivity contribution in [3.63, 3.8) is 0 Å². The van der Waals surface area contributed by atoms with E-state index in [1.165, 1.54) is 18.3 Å². The lowest BCUT2D eigenvalue weighted by Crippen LogP contribution is -2.33. The predicted molar refractivity (Wildman–Crippen MR) is 86.5 cm³/mol. The van der Waals surface area contributed by atoms with E-state index < -0.39 is 24.2 Å². The van der Waals surface area contributed by atoms with Crippen LogP contribution in [0.5, 0.6) is 5.75 Å². The third-order valence-electron chi connectivity index (χ3n) is 3.55. The van der Waals surface area contributed by atoms with Crippen LogP contribution in [0.25, 0.3) is 0 Å². The lowest BCUT2D eigenvalue weighted by atomic mass is 10.0. The maximum atomic E-state index is 12.9. The third-order valence-corrected chi connectivity index (χ3v) is 3.55. The van der Waals surface area contributed by atoms with Crippen molar-refractivity contribution in [2.45, 2.75) is 38.7 Å². The van der Waals surface area contributed by atoms with Crippen LogP contribution < -0.4 is 10.1 Å². The minimum Gasteiger partial charge on any atom is -0.428 e. The second-order valence-corrected chi connectivity index (χ2v) is 5.46. The van der Waals surface area contributed by atoms with Gasteiger partial charge in [0.05, 0.1) is 5.92 Å². The van der Waals surface area contributed by atoms with Gasteiger partial charge in [-0.1, -0.05) is 19.1 Å². The summed E-state index contributed by atoms with van der Waals surface area (Å²) in [4.78, 5) is 20.5. The Kier molecular flexibility index (Phi) is 6.12. The molecule has 1 amide bonds. The van der Waals surface area contributed by atoms with Crippen LogP contribution in [0.4, 0.5) is 23.4 Å². The van der Waals surface area contributed by atoms with Crippen molar-refractivity contribution in [2.24, 2.45) is 0 Å². The Labute approximate surface area is 147 Å². The van der Waals surface area contributed by atoms with Crippen LogP contribution in [0.2, 0.25) is 0 Å². The summed E-state index contributed by atoms with van der Waals surface area (Å²) >= 11 is 0. The van der Waals surface area contributed by atoms with E-state index in [4.69, 9.17) is 0 Å². The van der Waals surface area contributed by atoms with Crippen molar-refractivity contribution in [3.8, 4) is 5.75 Å². The highest BCUT2D eigenvalue weighted by molar-refractivity contribution is 5.94. The van der Waals surface area contributed by atoms with Gasteiger partial charge in [-0.25, -0.2) is 9.97 Å². The zero-order valence-corrected chi connectivity index (χ0v) is 14.0. The van der Waals surface area contributed by atoms with Crippen LogP contribution in [-0.4, -0.2) is 28.4 Å². The number of hydrogen-bond donors (Lipinski definition) is 1. The Morgan fingerprint density at radius 3 is 2.46 bits per heavy atom. The van der Waals surface area contributed by atoms with Gasteiger partial charge in [0.2, 0.25) is 5.91 Å². The van der Waals surface area contributed by atoms with E-state index in [-0.39, 0.29) is 5.91 Å². The highest BCUT2D eigenvalue weighted by Crippen LogP contribution is 2.28. The summed E-state index contributed by atoms with van der Waals surface area (Å²) < 4.78 is 54.0. The number of amides is 1. The monoisotopic (exact) mass is 371 g/mol. The number of carbonyl (C=O) groups is 1. The molecule has 0 aliphatic heterocycles. The SMILES string of the molecule is CCc1nccc(NC(=O)C(C)c2ccc(OC(F)(F)C(F)F)cc2)n1. The average Bonchev–Trinajstić information content (AvgIpc) is 2.61. The zero-order valence-electron chi connectivity index (χ0n) is 14.0. The summed E-state index contributed by atoms with van der Waals surface area (Å²) in [5.74, 6) is -0.478. The van der Waals surface area contributed by atoms with E-state index >= 15 is 0 Å². The molecule has 9 heteroatoms. The summed E-state index contributed by atoms with van der Waals surface area (Å²) in [5.41, 5.74) is 0.500. The van der Waals surface area contributed by atoms with E-state index in [0.29, 0.717) is 23.6 Å². The van der Waals surface area contributed by atoms with E-state index in [1.54, 1.807) is 13.0 Å². The summed E-state index contributed by atoms with van der Waals surface area (Å²) in [6, 6.07) is 6.48. The van der Waals surface area contributed by atoms with Crippen LogP contribution in [0.1, 0.15) is 31.2 Å². The number of ether oxygens (including phenoxy) is 1. The average molecular weight is 371 g/mol. The standard InChI is InChI=1S/C17H17F4N3O2/c1-3-13-22-9-8-14(23-13)24-15(25)10(2)11-4-6-12(7-5-11)26-17(20,21)16(18)19/h4-10,16H,3H2,1-2H3,(H,22,23,24,25). The quantitative estimate of drug-likeness (QED) is 0.747. The molecule has 5 nitrogen and oxygen atoms in total. The van der Waals surface area contributed by atoms with Gasteiger partial charge in [-0.15, -0.1) is 0 Å². The van der Waals surface area contributed by atoms with Gasteiger partial charge in [0.15, 0.2) is 0 Å². The van der Waals surface area contributed by atoms with Crippen molar-refractivity contribution in [1.29, 1.82) is 0 Å². The first-order valence-corrected chi connectivity index (χ1v) is 7.80. The number of hydrogen-bond acceptors (Lipinski definition) is 4. The predicted octanol–water partition coefficient (Wildman–Crippen LogP) is 4.02. The summed E-state index contributed by atoms with van der Waals surface area (Å²) in [5, 5.41) is 2.64. The first kappa shape index (κ1) is 19.6. The molecule has 0 saturated carbocycles. The Morgan fingerprint density at radius 1 is 1.23 bits per heavy atom. The molecule has 0 fully saturated rings. The molecule has 0 aliphatic rings. The van der Waals surface area contributed by atoms with Crippen molar-refractivity contribution >= 4 is 11.7 Å². The van der Waals surface area contributed by atoms with Crippen molar-refractivity contribution < 1.29 is 27.1 Å². The second-order valence-electron chi connectivity index (χ2n) is 5.46. The van der Waals surface area contributed by atoms with Gasteiger partial charge in [0.25, 0.3) is 0 Å². The van der Waals surface area contributed by atoms with Crippen LogP contribution in [0.15, 0.2) is 36.5 Å². The minimum absolute atomic E-state index is 0.352. The number of alkyl halides is 4. The van der Waals surface area contributed by atoms with Crippen LogP contribution in [0, 0.1) is 0 Å². The molecule has 1 atom stereocenters. The molecule has 26 heavy (non-hydrogen) atoms. The van der Waals surface area contributed by atoms with Gasteiger partial charge in [0, 0.05) is 12.6 Å². The molecule has 0 bridgehead atoms. The topological polar surface area (TPSA) is 64.1 Å². The minimum atomic E-state index is -4.57. The second kappa shape index (κ2) is 8.11. The molecule has 1 N–H and O–H groups in total. The van der Waals surface area contributed by atoms with Gasteiger partial charge >= 0.3 is 12.5 Å². The fourth-order valence-electron chi connectivity index (χ4n) is 2.05. The molecule has 1 aromatic carbocycles. The molecule has 0 saturated heterocycles. The highest BCUT2D eigenvalue weighted by atomic mass is 19.3. The first-order chi connectivity index (χ1) is 12.2. The number of benzene rings is 1. The van der Waals surface area contributed by atoms with E-state index in [0.717, 1.165) is 12.1 Å². The Morgan fingerprint density at radius 2 is 1.88 bits per heavy atom. The van der Waals surface area contributed by atoms with Gasteiger partial charge < -0.3 is 10.1 Å². The molecule has 2 rings (SSSR count). The highest BCUT2D eigenvalue weighted by Gasteiger charge is 2.43. The number of halogens is 4. The number of rotatable bonds is 7. The number of aromatic nitrogens is 2. The van der Waals surface area contributed by atoms with Crippen molar-refractivity contribution in [2.75, 3.05) is 5.32 Å². The number of nitrogens with one attached hydrogen (secondary N) is 1. The first-order valence-electron chi connectivity index (χ1n) is 7.80. The summed E-state index contributed by atoms with van der Waals surface area (Å²) in [7, 11) is 0. The maximum Gasteiger partial charge on any atom is 0.461 e. The van der Waals surface area contributed by atoms with Gasteiger partial charge in [-0.3, -0.25) is 4.79 Å². The lowest BCUT2D eigenvalue weighted by molar-refractivity contribution is -0.253. The fourth-order valence-corrected chi connectivity index (χ4v) is 2.05. The largest absolute Gasteiger partial charge is 0.461 e. The van der Waals surface area contributed by atoms with Gasteiger partial charge in [-0.2, -0.15) is 17.6 Å². The molecule has 1 unspecified atom stereocenters. The number of carbonyl (C=O) groups excluding carboxylic acids is 1. The normalized spacial score (nSPS) is 12.7. The van der Waals surface area contributed by atoms with E-state index in [2.05, 4.69) is 20.0 Å². The number of aryl methyl sites for hydroxylation is 1. The van der Waals surface area contributed by atoms with Gasteiger partial charge in [-0.05, 0) is 30.7 Å². The summed E-state index contributed by atoms with van der Waals surface area (Å²) in [6.07, 6.45) is -6.37. The number of nitrogens with zero attached hydrogens (tertiary/aromatic N) is 2. The Bertz CT molecular complexity index is 754. The molecule has 0 radical (unpaired) electrons. The smallest absolute Gasteiger partial charge is 0.428 e. The van der Waals surface area contributed by atoms with Crippen LogP contribution in [0.3, 0.4) is 0 Å². The molecule has 2 aromatic rings. The molecule has 1 aromatic heterocycles. The molecule has 0 aliphatic carbocycles. The number of anilines is 1.